The van der Waals surface area contributed by atoms with Crippen molar-refractivity contribution in [1.82, 2.24) is 9.97 Å². The van der Waals surface area contributed by atoms with Gasteiger partial charge in [-0.2, -0.15) is 13.8 Å². The monoisotopic (exact) mass is 906 g/mol. The van der Waals surface area contributed by atoms with Crippen molar-refractivity contribution in [1.29, 1.82) is 0 Å². The van der Waals surface area contributed by atoms with Crippen LogP contribution in [-0.2, 0) is 38.1 Å². The van der Waals surface area contributed by atoms with Crippen LogP contribution in [0.2, 0.25) is 20.1 Å². The van der Waals surface area contributed by atoms with Crippen molar-refractivity contribution in [3.8, 4) is 11.8 Å². The predicted octanol–water partition coefficient (Wildman–Crippen LogP) is 2.94. The molecule has 2 heterocycles. The van der Waals surface area contributed by atoms with Crippen LogP contribution in [0.5, 0.6) is 11.8 Å². The van der Waals surface area contributed by atoms with Gasteiger partial charge in [-0.25, -0.2) is 19.4 Å². The Hall–Kier alpha value is -2.00. The fraction of sp³-hybridized carbons (Fsp3) is 0.400. The third kappa shape index (κ3) is 16.6. The molecular formula is C30H34BrCl4F2KN4O10. The van der Waals surface area contributed by atoms with Crippen LogP contribution in [0, 0.1) is 11.9 Å². The Kier molecular flexibility index (Phi) is 23.8. The first kappa shape index (κ1) is 52.1. The number of esters is 4. The second-order valence-electron chi connectivity index (χ2n) is 10.5. The molecule has 0 aliphatic carbocycles. The Morgan fingerprint density at radius 3 is 1.60 bits per heavy atom. The summed E-state index contributed by atoms with van der Waals surface area (Å²) >= 11 is 25.1. The van der Waals surface area contributed by atoms with Crippen LogP contribution >= 0.6 is 62.3 Å². The van der Waals surface area contributed by atoms with Crippen LogP contribution in [0.4, 0.5) is 20.2 Å². The summed E-state index contributed by atoms with van der Waals surface area (Å²) in [6.07, 6.45) is 1.55. The van der Waals surface area contributed by atoms with Gasteiger partial charge in [0.15, 0.2) is 6.10 Å². The van der Waals surface area contributed by atoms with Crippen LogP contribution in [0.1, 0.15) is 41.5 Å². The Labute approximate surface area is 369 Å². The van der Waals surface area contributed by atoms with E-state index >= 15 is 0 Å². The summed E-state index contributed by atoms with van der Waals surface area (Å²) < 4.78 is 50.8. The Morgan fingerprint density at radius 2 is 1.19 bits per heavy atom. The molecule has 52 heavy (non-hydrogen) atoms. The Morgan fingerprint density at radius 1 is 0.808 bits per heavy atom. The van der Waals surface area contributed by atoms with Gasteiger partial charge in [0.2, 0.25) is 29.0 Å². The maximum atomic E-state index is 13.5. The normalized spacial score (nSPS) is 11.7. The van der Waals surface area contributed by atoms with Crippen molar-refractivity contribution in [2.45, 2.75) is 63.7 Å². The molecule has 0 saturated heterocycles. The van der Waals surface area contributed by atoms with Gasteiger partial charge in [-0.3, -0.25) is 4.79 Å². The number of rotatable bonds is 12. The van der Waals surface area contributed by atoms with Crippen molar-refractivity contribution in [3.63, 3.8) is 0 Å². The number of nitrogen functional groups attached to an aromatic ring is 2. The number of pyridine rings is 2. The van der Waals surface area contributed by atoms with Crippen LogP contribution in [0.25, 0.3) is 0 Å². The molecule has 2 aromatic heterocycles. The van der Waals surface area contributed by atoms with Gasteiger partial charge in [-0.15, -0.1) is 0 Å². The maximum Gasteiger partial charge on any atom is 1.00 e. The van der Waals surface area contributed by atoms with E-state index < -0.39 is 79.7 Å². The summed E-state index contributed by atoms with van der Waals surface area (Å²) in [6, 6.07) is 0. The van der Waals surface area contributed by atoms with E-state index in [9.17, 15) is 33.1 Å². The molecule has 4 N–H and O–H groups in total. The van der Waals surface area contributed by atoms with Crippen molar-refractivity contribution < 1.29 is 108 Å². The summed E-state index contributed by atoms with van der Waals surface area (Å²) in [5, 5.41) is 9.11. The smallest absolute Gasteiger partial charge is 0.857 e. The fourth-order valence-corrected chi connectivity index (χ4v) is 3.46. The molecule has 2 aromatic rings. The van der Waals surface area contributed by atoms with Gasteiger partial charge < -0.3 is 40.3 Å². The minimum atomic E-state index is -1.57. The molecule has 0 aromatic carbocycles. The summed E-state index contributed by atoms with van der Waals surface area (Å²) in [7, 11) is 0. The van der Waals surface area contributed by atoms with E-state index in [1.807, 2.05) is 0 Å². The van der Waals surface area contributed by atoms with Gasteiger partial charge >= 0.3 is 75.3 Å². The molecule has 14 nitrogen and oxygen atoms in total. The van der Waals surface area contributed by atoms with Crippen LogP contribution in [-0.4, -0.2) is 69.2 Å². The van der Waals surface area contributed by atoms with Crippen LogP contribution < -0.4 is 72.7 Å². The topological polar surface area (TPSA) is 215 Å². The number of carbonyl (C=O) groups is 4. The van der Waals surface area contributed by atoms with Crippen LogP contribution in [0.15, 0.2) is 25.3 Å². The Bertz CT molecular complexity index is 1600. The maximum absolute atomic E-state index is 13.5. The van der Waals surface area contributed by atoms with Crippen molar-refractivity contribution in [3.05, 3.63) is 57.3 Å². The number of hydrogen-bond acceptors (Lipinski definition) is 14. The van der Waals surface area contributed by atoms with Crippen LogP contribution in [0.3, 0.4) is 0 Å². The molecule has 0 radical (unpaired) electrons. The second-order valence-corrected chi connectivity index (χ2v) is 13.4. The van der Waals surface area contributed by atoms with Crippen molar-refractivity contribution >= 4 is 97.6 Å². The number of nitrogens with two attached hydrogens (primary N) is 2. The third-order valence-corrected chi connectivity index (χ3v) is 7.21. The molecule has 284 valence electrons. The first-order valence-corrected chi connectivity index (χ1v) is 16.4. The van der Waals surface area contributed by atoms with Gasteiger partial charge in [0.05, 0.1) is 16.4 Å². The summed E-state index contributed by atoms with van der Waals surface area (Å²) in [5.74, 6) is -6.34. The van der Waals surface area contributed by atoms with E-state index in [2.05, 4.69) is 39.1 Å². The zero-order valence-electron chi connectivity index (χ0n) is 28.9. The molecule has 2 atom stereocenters. The average molecular weight is 909 g/mol. The third-order valence-electron chi connectivity index (χ3n) is 5.39. The predicted molar refractivity (Wildman–Crippen MR) is 188 cm³/mol. The SMILES string of the molecule is C=CCOC(=O)C(C)(C)OC(=O)C(C)Br.C=CCOC(=O)C(C)(C)OC(=O)C(C)Oc1nc(F)c(Cl)c(N)c1Cl.Nc1c(Cl)c([O-])nc(F)c1Cl.[K+]. The second kappa shape index (κ2) is 23.7. The Balaban J connectivity index is 0. The quantitative estimate of drug-likeness (QED) is 0.0783. The van der Waals surface area contributed by atoms with Gasteiger partial charge in [0.1, 0.15) is 33.1 Å². The number of halogens is 7. The molecular weight excluding hydrogens is 875 g/mol. The first-order valence-electron chi connectivity index (χ1n) is 14.0. The minimum Gasteiger partial charge on any atom is -0.857 e. The van der Waals surface area contributed by atoms with E-state index in [0.717, 1.165) is 0 Å². The number of anilines is 2. The number of ether oxygens (including phenoxy) is 5. The number of nitrogens with zero attached hydrogens (tertiary/aromatic N) is 2. The zero-order valence-corrected chi connectivity index (χ0v) is 36.6. The summed E-state index contributed by atoms with van der Waals surface area (Å²) in [5.41, 5.74) is 7.26. The molecule has 0 aliphatic heterocycles. The first-order chi connectivity index (χ1) is 23.4. The van der Waals surface area contributed by atoms with E-state index in [1.165, 1.54) is 46.8 Å². The largest absolute Gasteiger partial charge is 1.00 e. The molecule has 0 aliphatic rings. The summed E-state index contributed by atoms with van der Waals surface area (Å²) in [6.45, 7) is 15.4. The van der Waals surface area contributed by atoms with E-state index in [1.54, 1.807) is 6.92 Å². The minimum absolute atomic E-state index is 0. The molecule has 0 spiro atoms. The van der Waals surface area contributed by atoms with Crippen molar-refractivity contribution in [2.75, 3.05) is 24.7 Å². The molecule has 2 unspecified atom stereocenters. The standard InChI is InChI=1S/C15H17Cl2FN2O5.C10H15BrO4.C5H3Cl2FN2O.K/c1-5-6-23-14(22)15(3,4)25-13(21)7(2)24-12-9(17)10(19)8(16)11(18)20-12;1-5-6-14-9(13)10(3,4)15-8(12)7(2)11;6-1-3(9)2(7)5(11)10-4(1)8;/h5,7H,1,6H2,2-4H3,(H2,19,20);5,7H,1,6H2,2-4H3;(H3,9,10,11);/q;;;+1/p-1. The number of hydrogen-bond donors (Lipinski definition) is 2. The molecule has 2 rings (SSSR count). The number of alkyl halides is 1. The molecule has 0 fully saturated rings. The van der Waals surface area contributed by atoms with Gasteiger partial charge in [0.25, 0.3) is 0 Å². The van der Waals surface area contributed by atoms with E-state index in [0.29, 0.717) is 0 Å². The molecule has 0 saturated carbocycles. The van der Waals surface area contributed by atoms with Gasteiger partial charge in [-0.05, 0) is 41.5 Å². The molecule has 0 bridgehead atoms. The van der Waals surface area contributed by atoms with Crippen molar-refractivity contribution in [2.24, 2.45) is 0 Å². The van der Waals surface area contributed by atoms with Gasteiger partial charge in [-0.1, -0.05) is 87.6 Å². The molecule has 0 amide bonds. The van der Waals surface area contributed by atoms with E-state index in [-0.39, 0.29) is 86.0 Å². The average Bonchev–Trinajstić information content (AvgIpc) is 3.05. The molecule has 22 heteroatoms. The number of carbonyl (C=O) groups excluding carboxylic acids is 4. The fourth-order valence-electron chi connectivity index (χ4n) is 2.68. The number of aromatic nitrogens is 2. The summed E-state index contributed by atoms with van der Waals surface area (Å²) in [4.78, 5) is 52.4. The van der Waals surface area contributed by atoms with E-state index in [4.69, 9.17) is 81.6 Å². The van der Waals surface area contributed by atoms with Gasteiger partial charge in [0, 0.05) is 5.88 Å². The zero-order chi connectivity index (χ0) is 40.0.